The smallest absolute Gasteiger partial charge is 0.248 e. The molecule has 1 N–H and O–H groups in total. The predicted molar refractivity (Wildman–Crippen MR) is 114 cm³/mol. The maximum Gasteiger partial charge on any atom is 0.452 e. The number of benzene rings is 2. The summed E-state index contributed by atoms with van der Waals surface area (Å²) in [6.45, 7) is 15.5. The van der Waals surface area contributed by atoms with Crippen molar-refractivity contribution in [3.05, 3.63) is 59.2 Å². The molecule has 2 aliphatic rings. The van der Waals surface area contributed by atoms with Gasteiger partial charge in [-0.3, -0.25) is 0 Å². The zero-order valence-corrected chi connectivity index (χ0v) is 17.2. The van der Waals surface area contributed by atoms with Gasteiger partial charge in [0.2, 0.25) is 5.54 Å². The summed E-state index contributed by atoms with van der Waals surface area (Å²) in [5.41, 5.74) is 3.46. The van der Waals surface area contributed by atoms with E-state index in [0.29, 0.717) is 0 Å². The minimum absolute atomic E-state index is 0.0199. The van der Waals surface area contributed by atoms with Crippen molar-refractivity contribution in [1.29, 1.82) is 5.41 Å². The van der Waals surface area contributed by atoms with Crippen LogP contribution in [0.25, 0.3) is 10.8 Å². The zero-order chi connectivity index (χ0) is 19.8. The van der Waals surface area contributed by atoms with Gasteiger partial charge in [0.1, 0.15) is 19.3 Å². The molecule has 2 aromatic carbocycles. The molecule has 1 heterocycles. The lowest BCUT2D eigenvalue weighted by Gasteiger charge is -2.48. The highest BCUT2D eigenvalue weighted by Crippen LogP contribution is 2.53. The number of nitrogens with one attached hydrogen (secondary N) is 1. The summed E-state index contributed by atoms with van der Waals surface area (Å²) in [6, 6.07) is 11.1. The average Bonchev–Trinajstić information content (AvgIpc) is 2.60. The van der Waals surface area contributed by atoms with Crippen LogP contribution in [0.1, 0.15) is 51.3 Å². The fourth-order valence-electron chi connectivity index (χ4n) is 4.91. The molecule has 2 aromatic rings. The standard InChI is InChI=1S/C24H29N3/c1-22(2,3)19-14-18-20(17-11-9-8-10-16(17)19)23(4)12-13-24(23,5)27(15-25)21(18)26(6)7/h8-15,25H,6H2,1-5,7H3/q+2. The fraction of sp³-hybridized carbons (Fsp3) is 0.375. The normalized spacial score (nSPS) is 26.4. The van der Waals surface area contributed by atoms with Crippen LogP contribution in [0.4, 0.5) is 0 Å². The molecule has 0 bridgehead atoms. The molecule has 0 aromatic heterocycles. The van der Waals surface area contributed by atoms with Crippen LogP contribution >= 0.6 is 0 Å². The molecule has 0 fully saturated rings. The van der Waals surface area contributed by atoms with E-state index in [1.165, 1.54) is 33.8 Å². The minimum atomic E-state index is -0.269. The first-order chi connectivity index (χ1) is 12.6. The van der Waals surface area contributed by atoms with Crippen LogP contribution < -0.4 is 0 Å². The summed E-state index contributed by atoms with van der Waals surface area (Å²) in [5.74, 6) is 0.987. The number of rotatable bonds is 1. The summed E-state index contributed by atoms with van der Waals surface area (Å²) >= 11 is 0. The lowest BCUT2D eigenvalue weighted by molar-refractivity contribution is -0.552. The van der Waals surface area contributed by atoms with Crippen molar-refractivity contribution in [3.63, 3.8) is 0 Å². The van der Waals surface area contributed by atoms with Gasteiger partial charge in [-0.15, -0.1) is 4.58 Å². The van der Waals surface area contributed by atoms with E-state index in [1.807, 2.05) is 11.6 Å². The molecular formula is C24H29N3+2. The van der Waals surface area contributed by atoms with E-state index >= 15 is 0 Å². The zero-order valence-electron chi connectivity index (χ0n) is 17.2. The van der Waals surface area contributed by atoms with Crippen molar-refractivity contribution >= 4 is 29.7 Å². The fourth-order valence-corrected chi connectivity index (χ4v) is 4.91. The third-order valence-electron chi connectivity index (χ3n) is 6.62. The molecule has 27 heavy (non-hydrogen) atoms. The van der Waals surface area contributed by atoms with E-state index in [0.717, 1.165) is 5.84 Å². The molecular weight excluding hydrogens is 330 g/mol. The van der Waals surface area contributed by atoms with E-state index in [4.69, 9.17) is 5.41 Å². The van der Waals surface area contributed by atoms with Crippen molar-refractivity contribution in [2.24, 2.45) is 0 Å². The van der Waals surface area contributed by atoms with E-state index in [1.54, 1.807) is 0 Å². The largest absolute Gasteiger partial charge is 0.452 e. The summed E-state index contributed by atoms with van der Waals surface area (Å²) in [4.78, 5) is 0. The van der Waals surface area contributed by atoms with Crippen molar-refractivity contribution < 1.29 is 9.15 Å². The molecule has 0 spiro atoms. The number of amidine groups is 1. The molecule has 0 saturated carbocycles. The van der Waals surface area contributed by atoms with Gasteiger partial charge in [-0.05, 0) is 46.4 Å². The van der Waals surface area contributed by atoms with Gasteiger partial charge in [-0.1, -0.05) is 51.1 Å². The second kappa shape index (κ2) is 5.25. The Morgan fingerprint density at radius 3 is 2.22 bits per heavy atom. The van der Waals surface area contributed by atoms with Crippen LogP contribution in [0.2, 0.25) is 0 Å². The first-order valence-corrected chi connectivity index (χ1v) is 9.55. The SMILES string of the molecule is C=[N+](C)C1=[N+](C=N)C2(C)C=CC2(C)c2c1cc(C(C)(C)C)c1ccccc21. The first-order valence-electron chi connectivity index (χ1n) is 9.55. The Morgan fingerprint density at radius 1 is 1.11 bits per heavy atom. The van der Waals surface area contributed by atoms with Crippen molar-refractivity contribution in [2.75, 3.05) is 7.05 Å². The van der Waals surface area contributed by atoms with E-state index < -0.39 is 0 Å². The van der Waals surface area contributed by atoms with Gasteiger partial charge in [-0.25, -0.2) is 5.41 Å². The van der Waals surface area contributed by atoms with Gasteiger partial charge >= 0.3 is 5.84 Å². The van der Waals surface area contributed by atoms with Crippen LogP contribution in [0.15, 0.2) is 42.5 Å². The summed E-state index contributed by atoms with van der Waals surface area (Å²) < 4.78 is 3.98. The third kappa shape index (κ3) is 2.06. The third-order valence-corrected chi connectivity index (χ3v) is 6.62. The first kappa shape index (κ1) is 17.8. The Bertz CT molecular complexity index is 1080. The number of hydrogen-bond donors (Lipinski definition) is 1. The lowest BCUT2D eigenvalue weighted by Crippen LogP contribution is -2.64. The van der Waals surface area contributed by atoms with Crippen LogP contribution in [-0.2, 0) is 10.8 Å². The van der Waals surface area contributed by atoms with Gasteiger partial charge in [0.25, 0.3) is 6.34 Å². The highest BCUT2D eigenvalue weighted by molar-refractivity contribution is 6.04. The topological polar surface area (TPSA) is 29.9 Å². The van der Waals surface area contributed by atoms with Crippen LogP contribution in [0.5, 0.6) is 0 Å². The monoisotopic (exact) mass is 359 g/mol. The van der Waals surface area contributed by atoms with Gasteiger partial charge in [0.05, 0.1) is 5.41 Å². The molecule has 0 amide bonds. The lowest BCUT2D eigenvalue weighted by atomic mass is 9.55. The molecule has 3 heteroatoms. The van der Waals surface area contributed by atoms with Crippen molar-refractivity contribution in [2.45, 2.75) is 51.0 Å². The molecule has 2 unspecified atom stereocenters. The Hall–Kier alpha value is -2.55. The van der Waals surface area contributed by atoms with Gasteiger partial charge < -0.3 is 0 Å². The van der Waals surface area contributed by atoms with Gasteiger partial charge in [0, 0.05) is 6.92 Å². The second-order valence-corrected chi connectivity index (χ2v) is 9.35. The molecule has 4 rings (SSSR count). The van der Waals surface area contributed by atoms with Crippen LogP contribution in [-0.4, -0.2) is 40.6 Å². The molecule has 138 valence electrons. The Balaban J connectivity index is 2.27. The molecule has 0 radical (unpaired) electrons. The molecule has 1 aliphatic heterocycles. The Labute approximate surface area is 161 Å². The van der Waals surface area contributed by atoms with Gasteiger partial charge in [0.15, 0.2) is 0 Å². The second-order valence-electron chi connectivity index (χ2n) is 9.35. The minimum Gasteiger partial charge on any atom is -0.248 e. The van der Waals surface area contributed by atoms with E-state index in [9.17, 15) is 0 Å². The molecule has 1 aliphatic carbocycles. The Morgan fingerprint density at radius 2 is 1.74 bits per heavy atom. The highest BCUT2D eigenvalue weighted by atomic mass is 15.2. The maximum absolute atomic E-state index is 8.16. The van der Waals surface area contributed by atoms with E-state index in [2.05, 4.69) is 88.4 Å². The highest BCUT2D eigenvalue weighted by Gasteiger charge is 2.64. The number of fused-ring (bicyclic) bond motifs is 5. The number of nitrogens with zero attached hydrogens (tertiary/aromatic N) is 2. The molecule has 3 nitrogen and oxygen atoms in total. The van der Waals surface area contributed by atoms with Crippen LogP contribution in [0, 0.1) is 5.41 Å². The molecule has 2 atom stereocenters. The quantitative estimate of drug-likeness (QED) is 0.338. The molecule has 0 saturated heterocycles. The van der Waals surface area contributed by atoms with Crippen LogP contribution in [0.3, 0.4) is 0 Å². The predicted octanol–water partition coefficient (Wildman–Crippen LogP) is 4.45. The van der Waals surface area contributed by atoms with Crippen molar-refractivity contribution in [1.82, 2.24) is 0 Å². The van der Waals surface area contributed by atoms with Crippen molar-refractivity contribution in [3.8, 4) is 0 Å². The average molecular weight is 360 g/mol. The summed E-state index contributed by atoms with van der Waals surface area (Å²) in [7, 11) is 1.97. The van der Waals surface area contributed by atoms with Gasteiger partial charge in [-0.2, -0.15) is 4.58 Å². The van der Waals surface area contributed by atoms with E-state index in [-0.39, 0.29) is 16.4 Å². The summed E-state index contributed by atoms with van der Waals surface area (Å²) in [6.07, 6.45) is 5.97. The maximum atomic E-state index is 8.16. The Kier molecular flexibility index (Phi) is 3.47. The summed E-state index contributed by atoms with van der Waals surface area (Å²) in [5, 5.41) is 10.8. The number of hydrogen-bond acceptors (Lipinski definition) is 1.